The summed E-state index contributed by atoms with van der Waals surface area (Å²) in [5, 5.41) is 2.23. The molecule has 1 heterocycles. The van der Waals surface area contributed by atoms with Gasteiger partial charge in [0.15, 0.2) is 0 Å². The van der Waals surface area contributed by atoms with Crippen molar-refractivity contribution in [3.05, 3.63) is 35.9 Å². The number of benzene rings is 1. The zero-order valence-corrected chi connectivity index (χ0v) is 13.2. The van der Waals surface area contributed by atoms with E-state index in [4.69, 9.17) is 9.47 Å². The minimum absolute atomic E-state index is 0. The maximum absolute atomic E-state index is 12.1. The van der Waals surface area contributed by atoms with Crippen molar-refractivity contribution in [3.63, 3.8) is 0 Å². The number of rotatable bonds is 6. The van der Waals surface area contributed by atoms with E-state index < -0.39 is 0 Å². The first-order chi connectivity index (χ1) is 9.81. The third-order valence-electron chi connectivity index (χ3n) is 3.57. The van der Waals surface area contributed by atoms with Gasteiger partial charge in [-0.2, -0.15) is 0 Å². The van der Waals surface area contributed by atoms with Gasteiger partial charge in [-0.3, -0.25) is 0 Å². The predicted octanol–water partition coefficient (Wildman–Crippen LogP) is -1.63. The molecule has 0 spiro atoms. The first-order valence-corrected chi connectivity index (χ1v) is 7.50. The molecule has 21 heavy (non-hydrogen) atoms. The van der Waals surface area contributed by atoms with Crippen molar-refractivity contribution >= 4 is 5.97 Å². The van der Waals surface area contributed by atoms with E-state index in [2.05, 4.69) is 12.2 Å². The summed E-state index contributed by atoms with van der Waals surface area (Å²) in [6.07, 6.45) is 2.92. The second kappa shape index (κ2) is 9.77. The Labute approximate surface area is 132 Å². The fourth-order valence-corrected chi connectivity index (χ4v) is 2.37. The Balaban J connectivity index is 0.00000220. The Kier molecular flexibility index (Phi) is 8.35. The zero-order valence-electron chi connectivity index (χ0n) is 12.5. The van der Waals surface area contributed by atoms with Crippen LogP contribution in [0.2, 0.25) is 0 Å². The topological polar surface area (TPSA) is 52.1 Å². The fourth-order valence-electron chi connectivity index (χ4n) is 2.37. The first kappa shape index (κ1) is 18.0. The van der Waals surface area contributed by atoms with Crippen LogP contribution in [0.5, 0.6) is 0 Å². The smallest absolute Gasteiger partial charge is 0.338 e. The summed E-state index contributed by atoms with van der Waals surface area (Å²) in [7, 11) is 0. The molecule has 1 fully saturated rings. The van der Waals surface area contributed by atoms with Gasteiger partial charge in [0.2, 0.25) is 0 Å². The van der Waals surface area contributed by atoms with Crippen molar-refractivity contribution in [2.75, 3.05) is 19.7 Å². The molecule has 2 rings (SSSR count). The minimum Gasteiger partial charge on any atom is -1.00 e. The van der Waals surface area contributed by atoms with E-state index in [1.54, 1.807) is 12.1 Å². The van der Waals surface area contributed by atoms with Crippen LogP contribution in [0, 0.1) is 0 Å². The van der Waals surface area contributed by atoms with Gasteiger partial charge in [0.1, 0.15) is 18.8 Å². The average Bonchev–Trinajstić information content (AvgIpc) is 2.50. The molecule has 0 bridgehead atoms. The van der Waals surface area contributed by atoms with Crippen molar-refractivity contribution in [2.45, 2.75) is 38.4 Å². The molecule has 2 atom stereocenters. The summed E-state index contributed by atoms with van der Waals surface area (Å²) in [6, 6.07) is 9.15. The highest BCUT2D eigenvalue weighted by Crippen LogP contribution is 2.13. The van der Waals surface area contributed by atoms with Gasteiger partial charge >= 0.3 is 5.97 Å². The largest absolute Gasteiger partial charge is 1.00 e. The predicted molar refractivity (Wildman–Crippen MR) is 76.6 cm³/mol. The molecular weight excluding hydrogens is 290 g/mol. The van der Waals surface area contributed by atoms with Crippen LogP contribution < -0.4 is 17.7 Å². The Morgan fingerprint density at radius 3 is 2.76 bits per heavy atom. The van der Waals surface area contributed by atoms with Gasteiger partial charge < -0.3 is 27.2 Å². The highest BCUT2D eigenvalue weighted by atomic mass is 35.5. The Bertz CT molecular complexity index is 413. The summed E-state index contributed by atoms with van der Waals surface area (Å²) in [6.45, 7) is 4.74. The number of quaternary nitrogens is 1. The van der Waals surface area contributed by atoms with E-state index in [0.29, 0.717) is 5.56 Å². The average molecular weight is 314 g/mol. The minimum atomic E-state index is -0.249. The van der Waals surface area contributed by atoms with Crippen molar-refractivity contribution in [1.29, 1.82) is 0 Å². The van der Waals surface area contributed by atoms with Crippen LogP contribution >= 0.6 is 0 Å². The summed E-state index contributed by atoms with van der Waals surface area (Å²) >= 11 is 0. The van der Waals surface area contributed by atoms with Crippen LogP contribution in [0.25, 0.3) is 0 Å². The number of ether oxygens (including phenoxy) is 2. The number of nitrogens with two attached hydrogens (primary N) is 1. The molecule has 0 amide bonds. The van der Waals surface area contributed by atoms with Crippen molar-refractivity contribution in [3.8, 4) is 0 Å². The quantitative estimate of drug-likeness (QED) is 0.507. The number of piperidine rings is 1. The maximum Gasteiger partial charge on any atom is 0.338 e. The molecule has 1 saturated heterocycles. The lowest BCUT2D eigenvalue weighted by Gasteiger charge is -2.29. The van der Waals surface area contributed by atoms with Crippen LogP contribution in [0.3, 0.4) is 0 Å². The van der Waals surface area contributed by atoms with Gasteiger partial charge in [-0.05, 0) is 18.6 Å². The highest BCUT2D eigenvalue weighted by Gasteiger charge is 2.31. The lowest BCUT2D eigenvalue weighted by molar-refractivity contribution is -0.673. The molecule has 1 aliphatic rings. The number of halogens is 1. The van der Waals surface area contributed by atoms with E-state index in [1.807, 2.05) is 18.2 Å². The highest BCUT2D eigenvalue weighted by molar-refractivity contribution is 5.89. The Morgan fingerprint density at radius 1 is 1.29 bits per heavy atom. The van der Waals surface area contributed by atoms with Crippen LogP contribution in [0.15, 0.2) is 30.3 Å². The summed E-state index contributed by atoms with van der Waals surface area (Å²) < 4.78 is 11.5. The molecule has 1 aromatic carbocycles. The standard InChI is InChI=1S/C16H23NO3.ClH/c1-2-3-11-19-15-12-17-10-9-14(15)20-16(18)13-7-5-4-6-8-13;/h4-8,14-15,17H,2-3,9-12H2,1H3;1H. The third-order valence-corrected chi connectivity index (χ3v) is 3.57. The normalized spacial score (nSPS) is 21.4. The molecule has 2 N–H and O–H groups in total. The second-order valence-corrected chi connectivity index (χ2v) is 5.17. The molecule has 0 aromatic heterocycles. The molecular formula is C16H24ClNO3. The van der Waals surface area contributed by atoms with Gasteiger partial charge in [-0.1, -0.05) is 31.5 Å². The molecule has 4 nitrogen and oxygen atoms in total. The van der Waals surface area contributed by atoms with Crippen LogP contribution in [-0.2, 0) is 9.47 Å². The van der Waals surface area contributed by atoms with Gasteiger partial charge in [0.25, 0.3) is 0 Å². The van der Waals surface area contributed by atoms with Gasteiger partial charge in [-0.25, -0.2) is 4.79 Å². The van der Waals surface area contributed by atoms with Crippen molar-refractivity contribution < 1.29 is 32.0 Å². The molecule has 118 valence electrons. The van der Waals surface area contributed by atoms with E-state index >= 15 is 0 Å². The summed E-state index contributed by atoms with van der Waals surface area (Å²) in [5.41, 5.74) is 0.606. The van der Waals surface area contributed by atoms with E-state index in [0.717, 1.165) is 39.0 Å². The van der Waals surface area contributed by atoms with Crippen LogP contribution in [-0.4, -0.2) is 37.9 Å². The van der Waals surface area contributed by atoms with E-state index in [1.165, 1.54) is 0 Å². The second-order valence-electron chi connectivity index (χ2n) is 5.17. The van der Waals surface area contributed by atoms with Gasteiger partial charge in [0.05, 0.1) is 12.1 Å². The molecule has 5 heteroatoms. The molecule has 2 unspecified atom stereocenters. The first-order valence-electron chi connectivity index (χ1n) is 7.50. The van der Waals surface area contributed by atoms with Crippen LogP contribution in [0.1, 0.15) is 36.5 Å². The van der Waals surface area contributed by atoms with Crippen molar-refractivity contribution in [1.82, 2.24) is 0 Å². The number of carbonyl (C=O) groups excluding carboxylic acids is 1. The zero-order chi connectivity index (χ0) is 14.2. The number of hydrogen-bond acceptors (Lipinski definition) is 3. The fraction of sp³-hybridized carbons (Fsp3) is 0.562. The molecule has 1 aromatic rings. The number of unbranched alkanes of at least 4 members (excludes halogenated alkanes) is 1. The third kappa shape index (κ3) is 5.65. The molecule has 0 aliphatic carbocycles. The van der Waals surface area contributed by atoms with Crippen molar-refractivity contribution in [2.24, 2.45) is 0 Å². The van der Waals surface area contributed by atoms with Gasteiger partial charge in [-0.15, -0.1) is 0 Å². The Hall–Kier alpha value is -1.10. The summed E-state index contributed by atoms with van der Waals surface area (Å²) in [5.74, 6) is -0.249. The SMILES string of the molecule is CCCCOC1C[NH2+]CCC1OC(=O)c1ccccc1.[Cl-]. The summed E-state index contributed by atoms with van der Waals surface area (Å²) in [4.78, 5) is 12.1. The maximum atomic E-state index is 12.1. The Morgan fingerprint density at radius 2 is 2.05 bits per heavy atom. The molecule has 0 saturated carbocycles. The van der Waals surface area contributed by atoms with E-state index in [9.17, 15) is 4.79 Å². The monoisotopic (exact) mass is 313 g/mol. The lowest BCUT2D eigenvalue weighted by Crippen LogP contribution is -3.00. The molecule has 0 radical (unpaired) electrons. The number of carbonyl (C=O) groups is 1. The number of hydrogen-bond donors (Lipinski definition) is 1. The lowest BCUT2D eigenvalue weighted by atomic mass is 10.1. The van der Waals surface area contributed by atoms with Crippen LogP contribution in [0.4, 0.5) is 0 Å². The number of esters is 1. The van der Waals surface area contributed by atoms with E-state index in [-0.39, 0.29) is 30.6 Å². The van der Waals surface area contributed by atoms with Gasteiger partial charge in [0, 0.05) is 13.0 Å². The molecule has 1 aliphatic heterocycles.